The zero-order valence-corrected chi connectivity index (χ0v) is 11.6. The number of rotatable bonds is 4. The minimum absolute atomic E-state index is 0.123. The minimum atomic E-state index is 0.123. The highest BCUT2D eigenvalue weighted by Gasteiger charge is 2.09. The lowest BCUT2D eigenvalue weighted by molar-refractivity contribution is 0.420. The van der Waals surface area contributed by atoms with Crippen LogP contribution in [0.1, 0.15) is 0 Å². The number of benzene rings is 1. The minimum Gasteiger partial charge on any atom is -0.512 e. The van der Waals surface area contributed by atoms with Crippen molar-refractivity contribution in [3.05, 3.63) is 42.7 Å². The summed E-state index contributed by atoms with van der Waals surface area (Å²) in [4.78, 5) is 5.46. The summed E-state index contributed by atoms with van der Waals surface area (Å²) >= 11 is 3.03. The molecule has 0 saturated heterocycles. The van der Waals surface area contributed by atoms with E-state index in [2.05, 4.69) is 40.0 Å². The number of H-pyrrole nitrogens is 1. The van der Waals surface area contributed by atoms with Gasteiger partial charge in [0.05, 0.1) is 16.4 Å². The van der Waals surface area contributed by atoms with Crippen LogP contribution in [-0.2, 0) is 0 Å². The fourth-order valence-electron chi connectivity index (χ4n) is 1.67. The van der Waals surface area contributed by atoms with Crippen molar-refractivity contribution in [3.63, 3.8) is 0 Å². The predicted molar refractivity (Wildman–Crippen MR) is 79.7 cm³/mol. The van der Waals surface area contributed by atoms with Gasteiger partial charge < -0.3 is 5.11 Å². The van der Waals surface area contributed by atoms with Gasteiger partial charge in [0, 0.05) is 4.70 Å². The Morgan fingerprint density at radius 2 is 2.26 bits per heavy atom. The third-order valence-electron chi connectivity index (χ3n) is 2.49. The van der Waals surface area contributed by atoms with E-state index in [1.807, 2.05) is 12.1 Å². The Hall–Kier alpha value is -1.79. The van der Waals surface area contributed by atoms with E-state index in [9.17, 15) is 0 Å². The molecule has 0 spiro atoms. The molecule has 19 heavy (non-hydrogen) atoms. The summed E-state index contributed by atoms with van der Waals surface area (Å²) in [5, 5.41) is 17.9. The standard InChI is InChI=1S/C13H11N3OS2/c1-8(17)7-18-13-14-12(15-16-13)11-6-9-4-2-3-5-10(9)19-11/h2-6,17H,1,7H2,(H,14,15,16). The Morgan fingerprint density at radius 1 is 1.42 bits per heavy atom. The molecule has 0 radical (unpaired) electrons. The first kappa shape index (κ1) is 12.3. The van der Waals surface area contributed by atoms with Crippen molar-refractivity contribution < 1.29 is 5.11 Å². The Bertz CT molecular complexity index is 699. The third-order valence-corrected chi connectivity index (χ3v) is 4.53. The Morgan fingerprint density at radius 3 is 3.05 bits per heavy atom. The summed E-state index contributed by atoms with van der Waals surface area (Å²) in [7, 11) is 0. The van der Waals surface area contributed by atoms with Crippen LogP contribution in [-0.4, -0.2) is 26.0 Å². The molecule has 0 amide bonds. The summed E-state index contributed by atoms with van der Waals surface area (Å²) in [5.41, 5.74) is 0. The molecule has 2 aromatic heterocycles. The molecule has 2 N–H and O–H groups in total. The highest BCUT2D eigenvalue weighted by molar-refractivity contribution is 7.99. The van der Waals surface area contributed by atoms with Gasteiger partial charge in [-0.3, -0.25) is 5.10 Å². The highest BCUT2D eigenvalue weighted by atomic mass is 32.2. The smallest absolute Gasteiger partial charge is 0.209 e. The maximum absolute atomic E-state index is 9.05. The number of nitrogens with one attached hydrogen (secondary N) is 1. The normalized spacial score (nSPS) is 10.9. The van der Waals surface area contributed by atoms with Gasteiger partial charge in [0.2, 0.25) is 5.16 Å². The third kappa shape index (κ3) is 2.64. The number of thiophene rings is 1. The number of fused-ring (bicyclic) bond motifs is 1. The fourth-order valence-corrected chi connectivity index (χ4v) is 3.23. The summed E-state index contributed by atoms with van der Waals surface area (Å²) in [6.45, 7) is 3.43. The van der Waals surface area contributed by atoms with E-state index in [4.69, 9.17) is 5.11 Å². The van der Waals surface area contributed by atoms with Crippen LogP contribution in [0.2, 0.25) is 0 Å². The number of aliphatic hydroxyl groups is 1. The first-order valence-electron chi connectivity index (χ1n) is 5.63. The zero-order valence-electron chi connectivity index (χ0n) is 9.96. The second-order valence-electron chi connectivity index (χ2n) is 3.97. The lowest BCUT2D eigenvalue weighted by atomic mass is 10.2. The summed E-state index contributed by atoms with van der Waals surface area (Å²) in [6, 6.07) is 10.3. The molecule has 2 heterocycles. The van der Waals surface area contributed by atoms with Crippen molar-refractivity contribution in [2.45, 2.75) is 5.16 Å². The van der Waals surface area contributed by atoms with Gasteiger partial charge in [0.15, 0.2) is 5.82 Å². The van der Waals surface area contributed by atoms with E-state index in [0.29, 0.717) is 10.9 Å². The molecule has 0 atom stereocenters. The highest BCUT2D eigenvalue weighted by Crippen LogP contribution is 2.32. The molecule has 3 aromatic rings. The van der Waals surface area contributed by atoms with Gasteiger partial charge >= 0.3 is 0 Å². The molecular weight excluding hydrogens is 278 g/mol. The molecule has 0 saturated carbocycles. The molecule has 0 aliphatic rings. The number of hydrogen-bond donors (Lipinski definition) is 2. The predicted octanol–water partition coefficient (Wildman–Crippen LogP) is 3.85. The van der Waals surface area contributed by atoms with Crippen molar-refractivity contribution in [1.29, 1.82) is 0 Å². The molecule has 96 valence electrons. The van der Waals surface area contributed by atoms with Crippen molar-refractivity contribution in [2.24, 2.45) is 0 Å². The number of hydrogen-bond acceptors (Lipinski definition) is 5. The molecule has 0 aliphatic heterocycles. The van der Waals surface area contributed by atoms with Crippen LogP contribution in [0, 0.1) is 0 Å². The van der Waals surface area contributed by atoms with Crippen LogP contribution in [0.15, 0.2) is 47.8 Å². The molecule has 0 aliphatic carbocycles. The van der Waals surface area contributed by atoms with Crippen molar-refractivity contribution in [3.8, 4) is 10.7 Å². The molecule has 0 fully saturated rings. The molecule has 0 unspecified atom stereocenters. The number of thioether (sulfide) groups is 1. The van der Waals surface area contributed by atoms with Gasteiger partial charge in [0.1, 0.15) is 0 Å². The molecule has 1 aromatic carbocycles. The fraction of sp³-hybridized carbons (Fsp3) is 0.0769. The number of nitrogens with zero attached hydrogens (tertiary/aromatic N) is 2. The van der Waals surface area contributed by atoms with Crippen LogP contribution in [0.4, 0.5) is 0 Å². The summed E-state index contributed by atoms with van der Waals surface area (Å²) in [5.74, 6) is 1.29. The summed E-state index contributed by atoms with van der Waals surface area (Å²) < 4.78 is 1.23. The van der Waals surface area contributed by atoms with Gasteiger partial charge in [-0.05, 0) is 17.5 Å². The van der Waals surface area contributed by atoms with Crippen molar-refractivity contribution in [1.82, 2.24) is 15.2 Å². The first-order valence-corrected chi connectivity index (χ1v) is 7.43. The zero-order chi connectivity index (χ0) is 13.2. The maximum atomic E-state index is 9.05. The van der Waals surface area contributed by atoms with Gasteiger partial charge in [-0.1, -0.05) is 36.5 Å². The lowest BCUT2D eigenvalue weighted by Gasteiger charge is -1.92. The second-order valence-corrected chi connectivity index (χ2v) is 6.00. The van der Waals surface area contributed by atoms with E-state index in [1.54, 1.807) is 11.3 Å². The van der Waals surface area contributed by atoms with Crippen molar-refractivity contribution in [2.75, 3.05) is 5.75 Å². The van der Waals surface area contributed by atoms with Gasteiger partial charge in [-0.15, -0.1) is 16.4 Å². The molecule has 6 heteroatoms. The maximum Gasteiger partial charge on any atom is 0.209 e. The largest absolute Gasteiger partial charge is 0.512 e. The summed E-state index contributed by atoms with van der Waals surface area (Å²) in [6.07, 6.45) is 0. The number of aromatic nitrogens is 3. The average Bonchev–Trinajstić information content (AvgIpc) is 3.02. The molecule has 4 nitrogen and oxygen atoms in total. The quantitative estimate of drug-likeness (QED) is 0.565. The topological polar surface area (TPSA) is 61.8 Å². The van der Waals surface area contributed by atoms with E-state index in [-0.39, 0.29) is 5.76 Å². The Labute approximate surface area is 118 Å². The lowest BCUT2D eigenvalue weighted by Crippen LogP contribution is -1.83. The van der Waals surface area contributed by atoms with Crippen LogP contribution >= 0.6 is 23.1 Å². The number of aromatic amines is 1. The van der Waals surface area contributed by atoms with Crippen LogP contribution in [0.25, 0.3) is 20.8 Å². The van der Waals surface area contributed by atoms with Crippen molar-refractivity contribution >= 4 is 33.2 Å². The monoisotopic (exact) mass is 289 g/mol. The van der Waals surface area contributed by atoms with Crippen LogP contribution in [0.5, 0.6) is 0 Å². The van der Waals surface area contributed by atoms with Gasteiger partial charge in [-0.25, -0.2) is 4.98 Å². The van der Waals surface area contributed by atoms with Crippen LogP contribution in [0.3, 0.4) is 0 Å². The van der Waals surface area contributed by atoms with Gasteiger partial charge in [0.25, 0.3) is 0 Å². The van der Waals surface area contributed by atoms with E-state index in [1.165, 1.54) is 21.8 Å². The average molecular weight is 289 g/mol. The Kier molecular flexibility index (Phi) is 3.27. The van der Waals surface area contributed by atoms with E-state index < -0.39 is 0 Å². The molecular formula is C13H11N3OS2. The van der Waals surface area contributed by atoms with E-state index >= 15 is 0 Å². The van der Waals surface area contributed by atoms with Gasteiger partial charge in [-0.2, -0.15) is 0 Å². The molecule has 3 rings (SSSR count). The Balaban J connectivity index is 1.87. The second kappa shape index (κ2) is 5.07. The van der Waals surface area contributed by atoms with Crippen LogP contribution < -0.4 is 0 Å². The first-order chi connectivity index (χ1) is 9.22. The number of aliphatic hydroxyl groups excluding tert-OH is 1. The SMILES string of the molecule is C=C(O)CSc1n[nH]c(-c2cc3ccccc3s2)n1. The molecule has 0 bridgehead atoms. The van der Waals surface area contributed by atoms with E-state index in [0.717, 1.165) is 10.7 Å².